The van der Waals surface area contributed by atoms with Gasteiger partial charge in [-0.2, -0.15) is 0 Å². The van der Waals surface area contributed by atoms with Crippen LogP contribution in [0.2, 0.25) is 0 Å². The summed E-state index contributed by atoms with van der Waals surface area (Å²) >= 11 is 0. The van der Waals surface area contributed by atoms with Crippen molar-refractivity contribution in [1.29, 1.82) is 0 Å². The van der Waals surface area contributed by atoms with E-state index in [2.05, 4.69) is 31.2 Å². The molecule has 3 heteroatoms. The van der Waals surface area contributed by atoms with E-state index in [1.165, 1.54) is 5.56 Å². The van der Waals surface area contributed by atoms with Crippen molar-refractivity contribution in [2.24, 2.45) is 7.05 Å². The van der Waals surface area contributed by atoms with Gasteiger partial charge in [0, 0.05) is 19.4 Å². The maximum atomic E-state index is 11.6. The van der Waals surface area contributed by atoms with Crippen molar-refractivity contribution in [2.45, 2.75) is 13.5 Å². The van der Waals surface area contributed by atoms with Gasteiger partial charge in [-0.1, -0.05) is 29.8 Å². The van der Waals surface area contributed by atoms with Crippen molar-refractivity contribution >= 4 is 0 Å². The zero-order chi connectivity index (χ0) is 10.8. The molecule has 78 valence electrons. The second-order valence-electron chi connectivity index (χ2n) is 3.81. The molecule has 0 N–H and O–H groups in total. The lowest BCUT2D eigenvalue weighted by atomic mass is 10.1. The maximum absolute atomic E-state index is 11.6. The number of nitrogens with zero attached hydrogens (tertiary/aromatic N) is 2. The van der Waals surface area contributed by atoms with Gasteiger partial charge < -0.3 is 4.57 Å². The van der Waals surface area contributed by atoms with Crippen LogP contribution in [-0.2, 0) is 13.6 Å². The molecule has 0 bridgehead atoms. The highest BCUT2D eigenvalue weighted by atomic mass is 16.1. The summed E-state index contributed by atoms with van der Waals surface area (Å²) in [5.74, 6) is 0. The van der Waals surface area contributed by atoms with Crippen LogP contribution in [0.25, 0.3) is 0 Å². The van der Waals surface area contributed by atoms with E-state index < -0.39 is 0 Å². The van der Waals surface area contributed by atoms with E-state index in [0.29, 0.717) is 6.54 Å². The molecular formula is C12H14N2O. The second-order valence-corrected chi connectivity index (χ2v) is 3.81. The number of imidazole rings is 1. The molecule has 0 atom stereocenters. The van der Waals surface area contributed by atoms with Crippen LogP contribution in [0.1, 0.15) is 11.1 Å². The van der Waals surface area contributed by atoms with Crippen molar-refractivity contribution < 1.29 is 0 Å². The standard InChI is InChI=1S/C12H14N2O/c1-10-3-5-11(6-4-10)9-14-8-7-13(2)12(14)15/h3-8H,9H2,1-2H3. The topological polar surface area (TPSA) is 26.9 Å². The van der Waals surface area contributed by atoms with Gasteiger partial charge in [0.05, 0.1) is 6.54 Å². The summed E-state index contributed by atoms with van der Waals surface area (Å²) in [4.78, 5) is 11.6. The summed E-state index contributed by atoms with van der Waals surface area (Å²) in [6.45, 7) is 2.69. The van der Waals surface area contributed by atoms with Gasteiger partial charge in [0.15, 0.2) is 0 Å². The first kappa shape index (κ1) is 9.77. The minimum atomic E-state index is 0.0237. The van der Waals surface area contributed by atoms with Crippen LogP contribution in [0, 0.1) is 6.92 Å². The Hall–Kier alpha value is -1.77. The molecule has 15 heavy (non-hydrogen) atoms. The first-order valence-electron chi connectivity index (χ1n) is 4.94. The lowest BCUT2D eigenvalue weighted by Gasteiger charge is -2.02. The zero-order valence-electron chi connectivity index (χ0n) is 8.97. The number of aryl methyl sites for hydroxylation is 2. The third kappa shape index (κ3) is 2.01. The summed E-state index contributed by atoms with van der Waals surface area (Å²) in [6, 6.07) is 8.22. The van der Waals surface area contributed by atoms with Crippen LogP contribution in [0.5, 0.6) is 0 Å². The van der Waals surface area contributed by atoms with Gasteiger partial charge in [-0.25, -0.2) is 4.79 Å². The largest absolute Gasteiger partial charge is 0.328 e. The summed E-state index contributed by atoms with van der Waals surface area (Å²) in [6.07, 6.45) is 3.58. The average molecular weight is 202 g/mol. The average Bonchev–Trinajstić information content (AvgIpc) is 2.53. The van der Waals surface area contributed by atoms with Crippen LogP contribution in [-0.4, -0.2) is 9.13 Å². The monoisotopic (exact) mass is 202 g/mol. The molecule has 0 saturated carbocycles. The Morgan fingerprint density at radius 3 is 2.33 bits per heavy atom. The molecule has 0 unspecified atom stereocenters. The summed E-state index contributed by atoms with van der Waals surface area (Å²) < 4.78 is 3.28. The maximum Gasteiger partial charge on any atom is 0.328 e. The van der Waals surface area contributed by atoms with Crippen LogP contribution >= 0.6 is 0 Å². The lowest BCUT2D eigenvalue weighted by molar-refractivity contribution is 0.717. The number of rotatable bonds is 2. The number of aromatic nitrogens is 2. The molecule has 0 aliphatic rings. The molecule has 0 aliphatic carbocycles. The summed E-state index contributed by atoms with van der Waals surface area (Å²) in [5, 5.41) is 0. The number of hydrogen-bond donors (Lipinski definition) is 0. The summed E-state index contributed by atoms with van der Waals surface area (Å²) in [5.41, 5.74) is 2.41. The predicted molar refractivity (Wildman–Crippen MR) is 60.0 cm³/mol. The Kier molecular flexibility index (Phi) is 2.46. The Morgan fingerprint density at radius 2 is 1.80 bits per heavy atom. The highest BCUT2D eigenvalue weighted by Crippen LogP contribution is 2.04. The van der Waals surface area contributed by atoms with Gasteiger partial charge in [0.25, 0.3) is 0 Å². The Bertz CT molecular complexity index is 505. The quantitative estimate of drug-likeness (QED) is 0.725. The number of hydrogen-bond acceptors (Lipinski definition) is 1. The van der Waals surface area contributed by atoms with Crippen molar-refractivity contribution in [2.75, 3.05) is 0 Å². The summed E-state index contributed by atoms with van der Waals surface area (Å²) in [7, 11) is 1.76. The van der Waals surface area contributed by atoms with E-state index in [9.17, 15) is 4.79 Å². The fourth-order valence-electron chi connectivity index (χ4n) is 1.52. The van der Waals surface area contributed by atoms with Gasteiger partial charge >= 0.3 is 5.69 Å². The third-order valence-corrected chi connectivity index (χ3v) is 2.49. The smallest absolute Gasteiger partial charge is 0.302 e. The molecule has 3 nitrogen and oxygen atoms in total. The van der Waals surface area contributed by atoms with Gasteiger partial charge in [-0.3, -0.25) is 4.57 Å². The molecule has 1 aromatic carbocycles. The van der Waals surface area contributed by atoms with Crippen molar-refractivity contribution in [3.05, 3.63) is 58.3 Å². The molecule has 2 rings (SSSR count). The van der Waals surface area contributed by atoms with Gasteiger partial charge in [0.1, 0.15) is 0 Å². The highest BCUT2D eigenvalue weighted by Gasteiger charge is 2.00. The zero-order valence-corrected chi connectivity index (χ0v) is 8.97. The fraction of sp³-hybridized carbons (Fsp3) is 0.250. The molecule has 0 aliphatic heterocycles. The van der Waals surface area contributed by atoms with Crippen LogP contribution < -0.4 is 5.69 Å². The molecule has 0 saturated heterocycles. The molecule has 0 radical (unpaired) electrons. The van der Waals surface area contributed by atoms with E-state index in [0.717, 1.165) is 5.56 Å². The minimum Gasteiger partial charge on any atom is -0.302 e. The van der Waals surface area contributed by atoms with E-state index >= 15 is 0 Å². The van der Waals surface area contributed by atoms with Crippen LogP contribution in [0.3, 0.4) is 0 Å². The van der Waals surface area contributed by atoms with Crippen molar-refractivity contribution in [3.63, 3.8) is 0 Å². The normalized spacial score (nSPS) is 10.5. The molecule has 2 aromatic rings. The van der Waals surface area contributed by atoms with Gasteiger partial charge in [-0.05, 0) is 12.5 Å². The molecule has 1 heterocycles. The van der Waals surface area contributed by atoms with Gasteiger partial charge in [0.2, 0.25) is 0 Å². The molecule has 0 fully saturated rings. The first-order valence-corrected chi connectivity index (χ1v) is 4.94. The fourth-order valence-corrected chi connectivity index (χ4v) is 1.52. The first-order chi connectivity index (χ1) is 7.16. The van der Waals surface area contributed by atoms with E-state index in [1.54, 1.807) is 22.4 Å². The molecule has 1 aromatic heterocycles. The van der Waals surface area contributed by atoms with Crippen molar-refractivity contribution in [3.8, 4) is 0 Å². The minimum absolute atomic E-state index is 0.0237. The second kappa shape index (κ2) is 3.77. The van der Waals surface area contributed by atoms with E-state index in [1.807, 2.05) is 6.20 Å². The van der Waals surface area contributed by atoms with Crippen molar-refractivity contribution in [1.82, 2.24) is 9.13 Å². The van der Waals surface area contributed by atoms with Crippen LogP contribution in [0.4, 0.5) is 0 Å². The number of benzene rings is 1. The van der Waals surface area contributed by atoms with Gasteiger partial charge in [-0.15, -0.1) is 0 Å². The Balaban J connectivity index is 2.26. The Morgan fingerprint density at radius 1 is 1.13 bits per heavy atom. The highest BCUT2D eigenvalue weighted by molar-refractivity contribution is 5.21. The Labute approximate surface area is 88.6 Å². The third-order valence-electron chi connectivity index (χ3n) is 2.49. The molecule has 0 amide bonds. The van der Waals surface area contributed by atoms with Crippen LogP contribution in [0.15, 0.2) is 41.5 Å². The lowest BCUT2D eigenvalue weighted by Crippen LogP contribution is -2.22. The van der Waals surface area contributed by atoms with E-state index in [4.69, 9.17) is 0 Å². The van der Waals surface area contributed by atoms with E-state index in [-0.39, 0.29) is 5.69 Å². The molecule has 0 spiro atoms. The predicted octanol–water partition coefficient (Wildman–Crippen LogP) is 1.54. The SMILES string of the molecule is Cc1ccc(Cn2ccn(C)c2=O)cc1. The molecular weight excluding hydrogens is 188 g/mol.